The quantitative estimate of drug-likeness (QED) is 0.783. The van der Waals surface area contributed by atoms with Gasteiger partial charge in [0, 0.05) is 18.9 Å². The van der Waals surface area contributed by atoms with Gasteiger partial charge in [-0.25, -0.2) is 4.58 Å². The molecule has 0 radical (unpaired) electrons. The molecule has 112 valence electrons. The summed E-state index contributed by atoms with van der Waals surface area (Å²) in [4.78, 5) is 14.6. The van der Waals surface area contributed by atoms with E-state index in [-0.39, 0.29) is 23.5 Å². The third-order valence-electron chi connectivity index (χ3n) is 3.97. The summed E-state index contributed by atoms with van der Waals surface area (Å²) in [6, 6.07) is 10.0. The first-order valence-electron chi connectivity index (χ1n) is 7.40. The average Bonchev–Trinajstić information content (AvgIpc) is 2.65. The molecule has 21 heavy (non-hydrogen) atoms. The average molecular weight is 285 g/mol. The molecule has 0 aromatic heterocycles. The highest BCUT2D eigenvalue weighted by Crippen LogP contribution is 2.31. The first-order valence-corrected chi connectivity index (χ1v) is 7.40. The number of allylic oxidation sites excluding steroid dienone is 1. The molecule has 1 aliphatic rings. The molecule has 1 aromatic carbocycles. The van der Waals surface area contributed by atoms with E-state index in [1.807, 2.05) is 36.4 Å². The number of nitrogens with zero attached hydrogens (tertiary/aromatic N) is 2. The maximum atomic E-state index is 12.7. The van der Waals surface area contributed by atoms with E-state index in [1.165, 1.54) is 5.56 Å². The number of hydrogen-bond donors (Lipinski definition) is 0. The Morgan fingerprint density at radius 3 is 2.43 bits per heavy atom. The van der Waals surface area contributed by atoms with Crippen molar-refractivity contribution in [2.24, 2.45) is 5.41 Å². The fraction of sp³-hybridized carbons (Fsp3) is 0.444. The highest BCUT2D eigenvalue weighted by atomic mass is 16.2. The van der Waals surface area contributed by atoms with Crippen molar-refractivity contribution >= 4 is 12.1 Å². The van der Waals surface area contributed by atoms with Gasteiger partial charge >= 0.3 is 0 Å². The third kappa shape index (κ3) is 3.07. The van der Waals surface area contributed by atoms with Crippen molar-refractivity contribution in [3.8, 4) is 0 Å². The molecule has 1 aromatic rings. The standard InChI is InChI=1S/C18H25N2O/c1-6-12-20-15(13-14-10-8-7-9-11-14)16(21)19(5)17(20)18(2,3)4/h6-12,15,17H,1,13H2,2-5H3/q+1/b20-12+/t15-,17+/m1/s1. The molecule has 1 aliphatic heterocycles. The summed E-state index contributed by atoms with van der Waals surface area (Å²) in [5.41, 5.74) is 1.16. The lowest BCUT2D eigenvalue weighted by Crippen LogP contribution is -2.44. The lowest BCUT2D eigenvalue weighted by Gasteiger charge is -2.27. The Balaban J connectivity index is 2.38. The third-order valence-corrected chi connectivity index (χ3v) is 3.97. The monoisotopic (exact) mass is 285 g/mol. The van der Waals surface area contributed by atoms with E-state index in [0.717, 1.165) is 6.42 Å². The zero-order valence-corrected chi connectivity index (χ0v) is 13.4. The molecule has 1 saturated heterocycles. The van der Waals surface area contributed by atoms with Crippen LogP contribution in [-0.4, -0.2) is 40.9 Å². The Hall–Kier alpha value is -1.90. The van der Waals surface area contributed by atoms with Crippen molar-refractivity contribution < 1.29 is 9.37 Å². The summed E-state index contributed by atoms with van der Waals surface area (Å²) >= 11 is 0. The Morgan fingerprint density at radius 1 is 1.29 bits per heavy atom. The maximum absolute atomic E-state index is 12.7. The summed E-state index contributed by atoms with van der Waals surface area (Å²) in [6.07, 6.45) is 4.49. The first-order chi connectivity index (χ1) is 9.86. The lowest BCUT2D eigenvalue weighted by atomic mass is 9.91. The summed E-state index contributed by atoms with van der Waals surface area (Å²) in [5.74, 6) is 0.178. The van der Waals surface area contributed by atoms with Crippen LogP contribution >= 0.6 is 0 Å². The Kier molecular flexibility index (Phi) is 4.31. The van der Waals surface area contributed by atoms with Gasteiger partial charge in [-0.2, -0.15) is 0 Å². The summed E-state index contributed by atoms with van der Waals surface area (Å²) in [5, 5.41) is 0. The van der Waals surface area contributed by atoms with Crippen LogP contribution in [0.25, 0.3) is 0 Å². The van der Waals surface area contributed by atoms with Gasteiger partial charge in [0.15, 0.2) is 6.21 Å². The number of amides is 1. The van der Waals surface area contributed by atoms with Crippen molar-refractivity contribution in [1.29, 1.82) is 0 Å². The smallest absolute Gasteiger partial charge is 0.282 e. The van der Waals surface area contributed by atoms with Gasteiger partial charge in [0.1, 0.15) is 0 Å². The summed E-state index contributed by atoms with van der Waals surface area (Å²) in [7, 11) is 1.90. The minimum atomic E-state index is -0.153. The molecule has 3 heteroatoms. The SMILES string of the molecule is C=C/C=[N+]1\[C@H](Cc2ccccc2)C(=O)N(C)[C@@H]1C(C)(C)C. The van der Waals surface area contributed by atoms with Gasteiger partial charge < -0.3 is 0 Å². The molecule has 0 spiro atoms. The van der Waals surface area contributed by atoms with Gasteiger partial charge in [-0.3, -0.25) is 9.69 Å². The fourth-order valence-corrected chi connectivity index (χ4v) is 3.22. The van der Waals surface area contributed by atoms with Crippen LogP contribution in [-0.2, 0) is 11.2 Å². The zero-order valence-electron chi connectivity index (χ0n) is 13.4. The van der Waals surface area contributed by atoms with Crippen LogP contribution < -0.4 is 0 Å². The molecule has 2 rings (SSSR count). The molecule has 0 bridgehead atoms. The first kappa shape index (κ1) is 15.5. The number of rotatable bonds is 3. The number of carbonyl (C=O) groups excluding carboxylic acids is 1. The van der Waals surface area contributed by atoms with Gasteiger partial charge in [0.05, 0.1) is 0 Å². The second kappa shape index (κ2) is 5.84. The van der Waals surface area contributed by atoms with Crippen LogP contribution in [0.1, 0.15) is 26.3 Å². The maximum Gasteiger partial charge on any atom is 0.296 e. The molecule has 0 aliphatic carbocycles. The minimum absolute atomic E-state index is 0.0185. The molecule has 0 N–H and O–H groups in total. The van der Waals surface area contributed by atoms with Gasteiger partial charge in [0.25, 0.3) is 5.91 Å². The predicted octanol–water partition coefficient (Wildman–Crippen LogP) is 2.71. The largest absolute Gasteiger partial charge is 0.296 e. The van der Waals surface area contributed by atoms with Crippen molar-refractivity contribution in [3.63, 3.8) is 0 Å². The van der Waals surface area contributed by atoms with Crippen LogP contribution in [0.5, 0.6) is 0 Å². The summed E-state index contributed by atoms with van der Waals surface area (Å²) in [6.45, 7) is 10.3. The molecule has 2 atom stereocenters. The molecule has 0 unspecified atom stereocenters. The van der Waals surface area contributed by atoms with E-state index in [2.05, 4.69) is 44.1 Å². The minimum Gasteiger partial charge on any atom is -0.282 e. The number of benzene rings is 1. The normalized spacial score (nSPS) is 24.7. The number of hydrogen-bond acceptors (Lipinski definition) is 1. The van der Waals surface area contributed by atoms with E-state index in [1.54, 1.807) is 6.08 Å². The molecule has 1 fully saturated rings. The molecule has 1 heterocycles. The van der Waals surface area contributed by atoms with Gasteiger partial charge in [-0.05, 0) is 11.6 Å². The van der Waals surface area contributed by atoms with Crippen molar-refractivity contribution in [1.82, 2.24) is 4.90 Å². The lowest BCUT2D eigenvalue weighted by molar-refractivity contribution is -0.595. The molecule has 1 amide bonds. The van der Waals surface area contributed by atoms with Crippen LogP contribution in [0.15, 0.2) is 43.0 Å². The molecular formula is C18H25N2O+. The second-order valence-electron chi connectivity index (χ2n) is 6.73. The van der Waals surface area contributed by atoms with Crippen molar-refractivity contribution in [2.45, 2.75) is 39.4 Å². The van der Waals surface area contributed by atoms with E-state index in [0.29, 0.717) is 0 Å². The summed E-state index contributed by atoms with van der Waals surface area (Å²) < 4.78 is 2.16. The zero-order chi connectivity index (χ0) is 15.6. The molecular weight excluding hydrogens is 260 g/mol. The number of carbonyl (C=O) groups is 1. The highest BCUT2D eigenvalue weighted by Gasteiger charge is 2.53. The van der Waals surface area contributed by atoms with Crippen LogP contribution in [0.3, 0.4) is 0 Å². The molecule has 3 nitrogen and oxygen atoms in total. The van der Waals surface area contributed by atoms with Gasteiger partial charge in [0.2, 0.25) is 12.2 Å². The Bertz CT molecular complexity index is 554. The number of likely N-dealkylation sites (N-methyl/N-ethyl adjacent to an activating group) is 1. The molecule has 0 saturated carbocycles. The Labute approximate surface area is 127 Å². The van der Waals surface area contributed by atoms with E-state index in [9.17, 15) is 4.79 Å². The van der Waals surface area contributed by atoms with Gasteiger partial charge in [-0.1, -0.05) is 57.7 Å². The fourth-order valence-electron chi connectivity index (χ4n) is 3.22. The van der Waals surface area contributed by atoms with Crippen LogP contribution in [0, 0.1) is 5.41 Å². The van der Waals surface area contributed by atoms with Crippen molar-refractivity contribution in [3.05, 3.63) is 48.6 Å². The van der Waals surface area contributed by atoms with Crippen molar-refractivity contribution in [2.75, 3.05) is 7.05 Å². The predicted molar refractivity (Wildman–Crippen MR) is 86.5 cm³/mol. The van der Waals surface area contributed by atoms with E-state index in [4.69, 9.17) is 0 Å². The van der Waals surface area contributed by atoms with E-state index < -0.39 is 0 Å². The second-order valence-corrected chi connectivity index (χ2v) is 6.73. The Morgan fingerprint density at radius 2 is 1.90 bits per heavy atom. The topological polar surface area (TPSA) is 23.3 Å². The van der Waals surface area contributed by atoms with Gasteiger partial charge in [-0.15, -0.1) is 0 Å². The van der Waals surface area contributed by atoms with Crippen LogP contribution in [0.2, 0.25) is 0 Å². The van der Waals surface area contributed by atoms with Crippen LogP contribution in [0.4, 0.5) is 0 Å². The highest BCUT2D eigenvalue weighted by molar-refractivity contribution is 5.83. The van der Waals surface area contributed by atoms with E-state index >= 15 is 0 Å².